The molecule has 1 amide bonds. The van der Waals surface area contributed by atoms with Gasteiger partial charge in [-0.1, -0.05) is 18.2 Å². The smallest absolute Gasteiger partial charge is 0.258 e. The van der Waals surface area contributed by atoms with Gasteiger partial charge in [-0.2, -0.15) is 4.31 Å². The lowest BCUT2D eigenvalue weighted by Gasteiger charge is -2.28. The molecule has 0 unspecified atom stereocenters. The highest BCUT2D eigenvalue weighted by Gasteiger charge is 2.61. The number of aliphatic hydroxyl groups excluding tert-OH is 1. The van der Waals surface area contributed by atoms with Crippen LogP contribution in [0.5, 0.6) is 0 Å². The van der Waals surface area contributed by atoms with E-state index in [1.165, 1.54) is 21.3 Å². The van der Waals surface area contributed by atoms with Crippen molar-refractivity contribution >= 4 is 21.6 Å². The Hall–Kier alpha value is -2.22. The Kier molecular flexibility index (Phi) is 4.31. The monoisotopic (exact) mass is 412 g/mol. The SMILES string of the molecule is CN(C(=O)c1ccc(S(=O)(=O)N2C[C@@H]3C[C@H]4C[C@H]3[C@@H]2[C@H]4O)cc1)c1ccccc1. The molecule has 0 spiro atoms. The standard InChI is InChI=1S/C22H24N2O4S/c1-23(17-5-3-2-4-6-17)22(26)14-7-9-18(10-8-14)29(27,28)24-13-16-11-15-12-19(16)20(24)21(15)25/h2-10,15-16,19-21,25H,11-13H2,1H3/t15-,16-,19+,20+,21-/m0/s1. The number of hydrogen-bond acceptors (Lipinski definition) is 4. The van der Waals surface area contributed by atoms with Crippen LogP contribution in [0, 0.1) is 17.8 Å². The van der Waals surface area contributed by atoms with Crippen molar-refractivity contribution < 1.29 is 18.3 Å². The van der Waals surface area contributed by atoms with E-state index in [-0.39, 0.29) is 28.7 Å². The number of benzene rings is 2. The second-order valence-corrected chi connectivity index (χ2v) is 10.3. The summed E-state index contributed by atoms with van der Waals surface area (Å²) in [5.74, 6) is 0.686. The largest absolute Gasteiger partial charge is 0.391 e. The van der Waals surface area contributed by atoms with Crippen LogP contribution in [0.15, 0.2) is 59.5 Å². The van der Waals surface area contributed by atoms with E-state index in [0.717, 1.165) is 18.5 Å². The summed E-state index contributed by atoms with van der Waals surface area (Å²) in [6, 6.07) is 15.1. The van der Waals surface area contributed by atoms with E-state index in [0.29, 0.717) is 18.0 Å². The molecular formula is C22H24N2O4S. The van der Waals surface area contributed by atoms with Crippen LogP contribution in [0.25, 0.3) is 0 Å². The number of aliphatic hydroxyl groups is 1. The minimum Gasteiger partial charge on any atom is -0.391 e. The minimum absolute atomic E-state index is 0.174. The third-order valence-corrected chi connectivity index (χ3v) is 8.84. The third kappa shape index (κ3) is 2.83. The number of hydrogen-bond donors (Lipinski definition) is 1. The highest BCUT2D eigenvalue weighted by atomic mass is 32.2. The maximum Gasteiger partial charge on any atom is 0.258 e. The summed E-state index contributed by atoms with van der Waals surface area (Å²) in [4.78, 5) is 14.4. The predicted molar refractivity (Wildman–Crippen MR) is 109 cm³/mol. The number of carbonyl (C=O) groups excluding carboxylic acids is 1. The molecule has 7 heteroatoms. The van der Waals surface area contributed by atoms with Gasteiger partial charge in [0.05, 0.1) is 17.0 Å². The van der Waals surface area contributed by atoms with Gasteiger partial charge in [-0.25, -0.2) is 8.42 Å². The number of carbonyl (C=O) groups is 1. The van der Waals surface area contributed by atoms with Crippen LogP contribution in [-0.4, -0.2) is 49.5 Å². The summed E-state index contributed by atoms with van der Waals surface area (Å²) in [6.07, 6.45) is 1.30. The van der Waals surface area contributed by atoms with Gasteiger partial charge >= 0.3 is 0 Å². The molecule has 152 valence electrons. The van der Waals surface area contributed by atoms with Crippen LogP contribution in [0.3, 0.4) is 0 Å². The van der Waals surface area contributed by atoms with Crippen LogP contribution >= 0.6 is 0 Å². The molecule has 29 heavy (non-hydrogen) atoms. The van der Waals surface area contributed by atoms with Gasteiger partial charge in [-0.3, -0.25) is 4.79 Å². The molecule has 1 N–H and O–H groups in total. The molecule has 2 aromatic rings. The van der Waals surface area contributed by atoms with Gasteiger partial charge in [0.25, 0.3) is 5.91 Å². The quantitative estimate of drug-likeness (QED) is 0.836. The van der Waals surface area contributed by atoms with Gasteiger partial charge in [-0.05, 0) is 67.0 Å². The van der Waals surface area contributed by atoms with Crippen molar-refractivity contribution in [2.75, 3.05) is 18.5 Å². The Bertz CT molecular complexity index is 1040. The number of rotatable bonds is 4. The molecule has 2 bridgehead atoms. The number of anilines is 1. The maximum atomic E-state index is 13.2. The molecule has 0 aromatic heterocycles. The average Bonchev–Trinajstić information content (AvgIpc) is 3.37. The number of amides is 1. The van der Waals surface area contributed by atoms with E-state index >= 15 is 0 Å². The Balaban J connectivity index is 1.38. The second kappa shape index (κ2) is 6.65. The molecule has 2 aliphatic carbocycles. The van der Waals surface area contributed by atoms with Gasteiger partial charge in [-0.15, -0.1) is 0 Å². The molecule has 5 atom stereocenters. The number of nitrogens with zero attached hydrogens (tertiary/aromatic N) is 2. The Morgan fingerprint density at radius 2 is 1.72 bits per heavy atom. The Labute approximate surface area is 170 Å². The summed E-state index contributed by atoms with van der Waals surface area (Å²) >= 11 is 0. The molecule has 5 rings (SSSR count). The van der Waals surface area contributed by atoms with Crippen molar-refractivity contribution in [1.29, 1.82) is 0 Å². The molecular weight excluding hydrogens is 388 g/mol. The van der Waals surface area contributed by atoms with Crippen LogP contribution in [0.2, 0.25) is 0 Å². The molecule has 1 saturated heterocycles. The van der Waals surface area contributed by atoms with Crippen LogP contribution < -0.4 is 4.90 Å². The van der Waals surface area contributed by atoms with E-state index in [9.17, 15) is 18.3 Å². The summed E-state index contributed by atoms with van der Waals surface area (Å²) in [6.45, 7) is 0.489. The number of sulfonamides is 1. The highest BCUT2D eigenvalue weighted by molar-refractivity contribution is 7.89. The van der Waals surface area contributed by atoms with Gasteiger partial charge in [0.2, 0.25) is 10.0 Å². The van der Waals surface area contributed by atoms with E-state index in [4.69, 9.17) is 0 Å². The summed E-state index contributed by atoms with van der Waals surface area (Å²) in [5, 5.41) is 10.5. The zero-order valence-electron chi connectivity index (χ0n) is 16.2. The van der Waals surface area contributed by atoms with Crippen molar-refractivity contribution in [1.82, 2.24) is 4.31 Å². The molecule has 2 aromatic carbocycles. The Morgan fingerprint density at radius 3 is 2.38 bits per heavy atom. The fraction of sp³-hybridized carbons (Fsp3) is 0.409. The summed E-state index contributed by atoms with van der Waals surface area (Å²) in [5.41, 5.74) is 1.20. The third-order valence-electron chi connectivity index (χ3n) is 6.96. The lowest BCUT2D eigenvalue weighted by molar-refractivity contribution is 0.0731. The molecule has 1 heterocycles. The Morgan fingerprint density at radius 1 is 1.03 bits per heavy atom. The van der Waals surface area contributed by atoms with Gasteiger partial charge in [0, 0.05) is 24.8 Å². The van der Waals surface area contributed by atoms with E-state index in [1.54, 1.807) is 19.2 Å². The van der Waals surface area contributed by atoms with Crippen molar-refractivity contribution in [2.24, 2.45) is 17.8 Å². The van der Waals surface area contributed by atoms with E-state index in [1.807, 2.05) is 30.3 Å². The molecule has 2 saturated carbocycles. The summed E-state index contributed by atoms with van der Waals surface area (Å²) in [7, 11) is -2.00. The first-order chi connectivity index (χ1) is 13.9. The lowest BCUT2D eigenvalue weighted by Crippen LogP contribution is -2.43. The molecule has 1 aliphatic heterocycles. The zero-order chi connectivity index (χ0) is 20.3. The summed E-state index contributed by atoms with van der Waals surface area (Å²) < 4.78 is 28.0. The van der Waals surface area contributed by atoms with Crippen molar-refractivity contribution in [3.05, 3.63) is 60.2 Å². The first-order valence-corrected chi connectivity index (χ1v) is 11.4. The average molecular weight is 413 g/mol. The van der Waals surface area contributed by atoms with E-state index < -0.39 is 16.1 Å². The molecule has 0 radical (unpaired) electrons. The van der Waals surface area contributed by atoms with Gasteiger partial charge < -0.3 is 10.0 Å². The second-order valence-electron chi connectivity index (χ2n) is 8.44. The van der Waals surface area contributed by atoms with Crippen LogP contribution in [-0.2, 0) is 10.0 Å². The van der Waals surface area contributed by atoms with Crippen LogP contribution in [0.1, 0.15) is 23.2 Å². The van der Waals surface area contributed by atoms with E-state index in [2.05, 4.69) is 0 Å². The van der Waals surface area contributed by atoms with Crippen molar-refractivity contribution in [3.8, 4) is 0 Å². The first kappa shape index (κ1) is 18.8. The minimum atomic E-state index is -3.70. The lowest BCUT2D eigenvalue weighted by atomic mass is 9.88. The highest BCUT2D eigenvalue weighted by Crippen LogP contribution is 2.56. The molecule has 3 fully saturated rings. The molecule has 6 nitrogen and oxygen atoms in total. The van der Waals surface area contributed by atoms with Gasteiger partial charge in [0.15, 0.2) is 0 Å². The normalized spacial score (nSPS) is 30.6. The van der Waals surface area contributed by atoms with Crippen molar-refractivity contribution in [2.45, 2.75) is 29.9 Å². The molecule has 3 aliphatic rings. The van der Waals surface area contributed by atoms with Gasteiger partial charge in [0.1, 0.15) is 0 Å². The number of fused-ring (bicyclic) bond motifs is 1. The van der Waals surface area contributed by atoms with Crippen molar-refractivity contribution in [3.63, 3.8) is 0 Å². The first-order valence-electron chi connectivity index (χ1n) is 10.0. The number of para-hydroxylation sites is 1. The fourth-order valence-electron chi connectivity index (χ4n) is 5.50. The topological polar surface area (TPSA) is 77.9 Å². The fourth-order valence-corrected chi connectivity index (χ4v) is 7.24. The van der Waals surface area contributed by atoms with Crippen LogP contribution in [0.4, 0.5) is 5.69 Å². The maximum absolute atomic E-state index is 13.2. The predicted octanol–water partition coefficient (Wildman–Crippen LogP) is 2.35. The zero-order valence-corrected chi connectivity index (χ0v) is 17.0.